The molecule has 0 saturated carbocycles. The molecule has 0 fully saturated rings. The first-order chi connectivity index (χ1) is 8.28. The third kappa shape index (κ3) is 3.78. The second kappa shape index (κ2) is 5.79. The molecule has 0 aliphatic rings. The Hall–Kier alpha value is -0.950. The summed E-state index contributed by atoms with van der Waals surface area (Å²) >= 11 is 1.32. The fourth-order valence-electron chi connectivity index (χ4n) is 1.12. The van der Waals surface area contributed by atoms with Crippen molar-refractivity contribution in [3.05, 3.63) is 26.8 Å². The second-order valence-corrected chi connectivity index (χ2v) is 5.25. The SMILES string of the molecule is COC(=O)c1cc(C#N)c(I)cc1SC(F)(F)F. The number of alkyl halides is 3. The predicted molar refractivity (Wildman–Crippen MR) is 67.1 cm³/mol. The molecule has 0 atom stereocenters. The monoisotopic (exact) mass is 387 g/mol. The van der Waals surface area contributed by atoms with Crippen LogP contribution in [0.5, 0.6) is 0 Å². The van der Waals surface area contributed by atoms with Gasteiger partial charge in [-0.2, -0.15) is 18.4 Å². The van der Waals surface area contributed by atoms with E-state index in [0.29, 0.717) is 3.57 Å². The summed E-state index contributed by atoms with van der Waals surface area (Å²) in [4.78, 5) is 11.1. The van der Waals surface area contributed by atoms with Gasteiger partial charge in [0.05, 0.1) is 18.2 Å². The number of halogens is 4. The molecule has 18 heavy (non-hydrogen) atoms. The van der Waals surface area contributed by atoms with E-state index in [1.807, 2.05) is 0 Å². The summed E-state index contributed by atoms with van der Waals surface area (Å²) in [6, 6.07) is 4.04. The molecule has 0 bridgehead atoms. The molecule has 0 saturated heterocycles. The van der Waals surface area contributed by atoms with Crippen LogP contribution in [0.4, 0.5) is 13.2 Å². The highest BCUT2D eigenvalue weighted by atomic mass is 127. The Bertz CT molecular complexity index is 525. The van der Waals surface area contributed by atoms with E-state index in [9.17, 15) is 18.0 Å². The van der Waals surface area contributed by atoms with Crippen LogP contribution < -0.4 is 0 Å². The van der Waals surface area contributed by atoms with Crippen LogP contribution in [0.1, 0.15) is 15.9 Å². The normalized spacial score (nSPS) is 10.9. The number of carbonyl (C=O) groups excluding carboxylic acids is 1. The van der Waals surface area contributed by atoms with Crippen LogP contribution in [0.25, 0.3) is 0 Å². The Morgan fingerprint density at radius 3 is 2.56 bits per heavy atom. The van der Waals surface area contributed by atoms with Crippen LogP contribution in [0, 0.1) is 14.9 Å². The summed E-state index contributed by atoms with van der Waals surface area (Å²) in [7, 11) is 1.06. The zero-order chi connectivity index (χ0) is 13.9. The maximum Gasteiger partial charge on any atom is 0.446 e. The maximum absolute atomic E-state index is 12.3. The van der Waals surface area contributed by atoms with Gasteiger partial charge in [0.1, 0.15) is 6.07 Å². The molecule has 3 nitrogen and oxygen atoms in total. The minimum absolute atomic E-state index is 0.127. The molecule has 0 heterocycles. The van der Waals surface area contributed by atoms with Crippen LogP contribution in [0.15, 0.2) is 17.0 Å². The fraction of sp³-hybridized carbons (Fsp3) is 0.200. The number of benzene rings is 1. The molecule has 0 N–H and O–H groups in total. The summed E-state index contributed by atoms with van der Waals surface area (Å²) in [5.41, 5.74) is -4.65. The zero-order valence-corrected chi connectivity index (χ0v) is 11.8. The lowest BCUT2D eigenvalue weighted by Gasteiger charge is -2.11. The lowest BCUT2D eigenvalue weighted by Crippen LogP contribution is -2.08. The largest absolute Gasteiger partial charge is 0.465 e. The molecule has 1 rings (SSSR count). The lowest BCUT2D eigenvalue weighted by atomic mass is 10.1. The van der Waals surface area contributed by atoms with Crippen molar-refractivity contribution >= 4 is 40.3 Å². The minimum Gasteiger partial charge on any atom is -0.465 e. The zero-order valence-electron chi connectivity index (χ0n) is 8.84. The van der Waals surface area contributed by atoms with Crippen molar-refractivity contribution < 1.29 is 22.7 Å². The van der Waals surface area contributed by atoms with Crippen molar-refractivity contribution in [3.8, 4) is 6.07 Å². The minimum atomic E-state index is -4.51. The molecule has 96 valence electrons. The summed E-state index contributed by atoms with van der Waals surface area (Å²) in [5, 5.41) is 8.78. The Morgan fingerprint density at radius 2 is 2.11 bits per heavy atom. The molecule has 0 aliphatic carbocycles. The topological polar surface area (TPSA) is 50.1 Å². The first kappa shape index (κ1) is 15.1. The number of nitriles is 1. The number of hydrogen-bond acceptors (Lipinski definition) is 4. The molecule has 0 unspecified atom stereocenters. The third-order valence-corrected chi connectivity index (χ3v) is 3.50. The van der Waals surface area contributed by atoms with Gasteiger partial charge in [0.15, 0.2) is 0 Å². The van der Waals surface area contributed by atoms with Gasteiger partial charge in [0.25, 0.3) is 0 Å². The van der Waals surface area contributed by atoms with E-state index in [2.05, 4.69) is 4.74 Å². The van der Waals surface area contributed by atoms with Gasteiger partial charge in [-0.3, -0.25) is 0 Å². The number of hydrogen-bond donors (Lipinski definition) is 0. The van der Waals surface area contributed by atoms with E-state index in [-0.39, 0.29) is 16.0 Å². The predicted octanol–water partition coefficient (Wildman–Crippen LogP) is 3.56. The molecule has 0 aromatic heterocycles. The molecule has 0 amide bonds. The number of esters is 1. The van der Waals surface area contributed by atoms with Crippen molar-refractivity contribution in [1.29, 1.82) is 5.26 Å². The molecule has 0 aliphatic heterocycles. The van der Waals surface area contributed by atoms with Gasteiger partial charge in [-0.05, 0) is 46.5 Å². The van der Waals surface area contributed by atoms with Gasteiger partial charge in [0.2, 0.25) is 0 Å². The van der Waals surface area contributed by atoms with Crippen LogP contribution in [-0.2, 0) is 4.74 Å². The Kier molecular flexibility index (Phi) is 4.86. The van der Waals surface area contributed by atoms with E-state index in [4.69, 9.17) is 5.26 Å². The number of carbonyl (C=O) groups is 1. The first-order valence-corrected chi connectivity index (χ1v) is 6.25. The van der Waals surface area contributed by atoms with E-state index in [1.165, 1.54) is 0 Å². The van der Waals surface area contributed by atoms with Gasteiger partial charge in [-0.1, -0.05) is 0 Å². The fourth-order valence-corrected chi connectivity index (χ4v) is 2.60. The molecule has 0 spiro atoms. The molecular weight excluding hydrogens is 382 g/mol. The highest BCUT2D eigenvalue weighted by Crippen LogP contribution is 2.39. The average Bonchev–Trinajstić information content (AvgIpc) is 2.26. The van der Waals surface area contributed by atoms with Gasteiger partial charge < -0.3 is 4.74 Å². The third-order valence-electron chi connectivity index (χ3n) is 1.82. The maximum atomic E-state index is 12.3. The molecular formula is C10H5F3INO2S. The van der Waals surface area contributed by atoms with Gasteiger partial charge in [-0.25, -0.2) is 4.79 Å². The number of methoxy groups -OCH3 is 1. The Labute approximate surface area is 118 Å². The number of nitrogens with zero attached hydrogens (tertiary/aromatic N) is 1. The Balaban J connectivity index is 3.35. The van der Waals surface area contributed by atoms with Crippen molar-refractivity contribution in [3.63, 3.8) is 0 Å². The van der Waals surface area contributed by atoms with E-state index < -0.39 is 23.2 Å². The number of thioether (sulfide) groups is 1. The molecule has 0 radical (unpaired) electrons. The van der Waals surface area contributed by atoms with E-state index >= 15 is 0 Å². The van der Waals surface area contributed by atoms with Crippen LogP contribution >= 0.6 is 34.4 Å². The van der Waals surface area contributed by atoms with Gasteiger partial charge >= 0.3 is 11.5 Å². The molecule has 1 aromatic carbocycles. The van der Waals surface area contributed by atoms with Gasteiger partial charge in [0, 0.05) is 8.47 Å². The lowest BCUT2D eigenvalue weighted by molar-refractivity contribution is -0.0328. The highest BCUT2D eigenvalue weighted by molar-refractivity contribution is 14.1. The van der Waals surface area contributed by atoms with Crippen molar-refractivity contribution in [2.45, 2.75) is 10.4 Å². The van der Waals surface area contributed by atoms with Crippen molar-refractivity contribution in [1.82, 2.24) is 0 Å². The van der Waals surface area contributed by atoms with Crippen molar-refractivity contribution in [2.24, 2.45) is 0 Å². The van der Waals surface area contributed by atoms with Crippen LogP contribution in [-0.4, -0.2) is 18.6 Å². The van der Waals surface area contributed by atoms with Crippen molar-refractivity contribution in [2.75, 3.05) is 7.11 Å². The smallest absolute Gasteiger partial charge is 0.446 e. The first-order valence-electron chi connectivity index (χ1n) is 4.36. The van der Waals surface area contributed by atoms with E-state index in [1.54, 1.807) is 28.7 Å². The Morgan fingerprint density at radius 1 is 1.50 bits per heavy atom. The molecule has 8 heteroatoms. The van der Waals surface area contributed by atoms with Crippen LogP contribution in [0.2, 0.25) is 0 Å². The average molecular weight is 387 g/mol. The quantitative estimate of drug-likeness (QED) is 0.443. The summed E-state index contributed by atoms with van der Waals surface area (Å²) in [6.45, 7) is 0. The second-order valence-electron chi connectivity index (χ2n) is 2.98. The number of rotatable bonds is 2. The van der Waals surface area contributed by atoms with Gasteiger partial charge in [-0.15, -0.1) is 0 Å². The summed E-state index contributed by atoms with van der Waals surface area (Å²) in [5.74, 6) is -0.908. The van der Waals surface area contributed by atoms with E-state index in [0.717, 1.165) is 19.2 Å². The summed E-state index contributed by atoms with van der Waals surface area (Å²) in [6.07, 6.45) is 0. The van der Waals surface area contributed by atoms with Crippen LogP contribution in [0.3, 0.4) is 0 Å². The number of ether oxygens (including phenoxy) is 1. The highest BCUT2D eigenvalue weighted by Gasteiger charge is 2.32. The standard InChI is InChI=1S/C10H5F3INO2S/c1-17-9(16)6-2-5(4-15)7(14)3-8(6)18-10(11,12)13/h2-3H,1H3. The molecule has 1 aromatic rings. The summed E-state index contributed by atoms with van der Waals surface area (Å²) < 4.78 is 41.8.